The number of methoxy groups -OCH3 is 1. The van der Waals surface area contributed by atoms with E-state index in [4.69, 9.17) is 16.3 Å². The second-order valence-corrected chi connectivity index (χ2v) is 6.18. The lowest BCUT2D eigenvalue weighted by atomic mass is 10.1. The molecule has 5 nitrogen and oxygen atoms in total. The Labute approximate surface area is 142 Å². The Morgan fingerprint density at radius 3 is 2.96 bits per heavy atom. The third kappa shape index (κ3) is 2.41. The van der Waals surface area contributed by atoms with E-state index in [1.54, 1.807) is 42.8 Å². The molecule has 116 valence electrons. The van der Waals surface area contributed by atoms with Gasteiger partial charge in [0.25, 0.3) is 0 Å². The zero-order valence-corrected chi connectivity index (χ0v) is 13.6. The van der Waals surface area contributed by atoms with Gasteiger partial charge in [-0.2, -0.15) is 0 Å². The first-order chi connectivity index (χ1) is 11.8. The highest BCUT2D eigenvalue weighted by Gasteiger charge is 2.10. The van der Waals surface area contributed by atoms with Crippen LogP contribution in [0.3, 0.4) is 0 Å². The molecule has 0 radical (unpaired) electrons. The van der Waals surface area contributed by atoms with Gasteiger partial charge in [-0.3, -0.25) is 4.98 Å². The number of benzene rings is 2. The average molecular weight is 332 g/mol. The molecular weight excluding hydrogens is 320 g/mol. The Morgan fingerprint density at radius 1 is 1.21 bits per heavy atom. The van der Waals surface area contributed by atoms with Crippen LogP contribution in [0.25, 0.3) is 25.8 Å². The largest absolute Gasteiger partial charge is 0.495 e. The summed E-state index contributed by atoms with van der Waals surface area (Å²) in [6.45, 7) is 7.16. The standard InChI is InChI=1S/C18H12N4OS/c1-19-12-4-5-15(23-2)14(9-12)21-18-22-17-13-7-8-20-10-11(13)3-6-16(17)24-18/h3-10H,2H3,(H,21,22). The van der Waals surface area contributed by atoms with Gasteiger partial charge >= 0.3 is 0 Å². The van der Waals surface area contributed by atoms with Gasteiger partial charge in [0, 0.05) is 23.2 Å². The predicted octanol–water partition coefficient (Wildman–Crippen LogP) is 5.15. The first-order valence-electron chi connectivity index (χ1n) is 7.24. The van der Waals surface area contributed by atoms with Crippen LogP contribution in [0, 0.1) is 6.57 Å². The SMILES string of the molecule is [C-]#[N+]c1ccc(OC)c(Nc2nc3c(ccc4cnccc43)s2)c1. The second-order valence-electron chi connectivity index (χ2n) is 5.15. The van der Waals surface area contributed by atoms with Crippen molar-refractivity contribution in [2.24, 2.45) is 0 Å². The van der Waals surface area contributed by atoms with Gasteiger partial charge in [-0.05, 0) is 24.3 Å². The maximum Gasteiger partial charge on any atom is 0.189 e. The number of hydrogen-bond donors (Lipinski definition) is 1. The fourth-order valence-electron chi connectivity index (χ4n) is 2.59. The molecule has 0 fully saturated rings. The minimum absolute atomic E-state index is 0.552. The third-order valence-electron chi connectivity index (χ3n) is 3.73. The molecule has 1 N–H and O–H groups in total. The van der Waals surface area contributed by atoms with E-state index in [0.29, 0.717) is 11.4 Å². The maximum atomic E-state index is 7.16. The van der Waals surface area contributed by atoms with Gasteiger partial charge < -0.3 is 10.1 Å². The van der Waals surface area contributed by atoms with E-state index in [1.165, 1.54) is 0 Å². The van der Waals surface area contributed by atoms with Crippen LogP contribution < -0.4 is 10.1 Å². The summed E-state index contributed by atoms with van der Waals surface area (Å²) in [4.78, 5) is 12.3. The van der Waals surface area contributed by atoms with Crippen molar-refractivity contribution in [2.45, 2.75) is 0 Å². The molecule has 6 heteroatoms. The molecule has 2 aromatic carbocycles. The van der Waals surface area contributed by atoms with Crippen LogP contribution >= 0.6 is 11.3 Å². The fourth-order valence-corrected chi connectivity index (χ4v) is 3.48. The van der Waals surface area contributed by atoms with Crippen LogP contribution in [0.1, 0.15) is 0 Å². The molecular formula is C18H12N4OS. The average Bonchev–Trinajstić information content (AvgIpc) is 3.04. The van der Waals surface area contributed by atoms with E-state index in [2.05, 4.69) is 21.2 Å². The molecule has 4 rings (SSSR count). The number of aromatic nitrogens is 2. The number of thiazole rings is 1. The van der Waals surface area contributed by atoms with Crippen LogP contribution in [0.4, 0.5) is 16.5 Å². The van der Waals surface area contributed by atoms with Crippen molar-refractivity contribution in [3.63, 3.8) is 0 Å². The topological polar surface area (TPSA) is 51.4 Å². The molecule has 0 bridgehead atoms. The van der Waals surface area contributed by atoms with Gasteiger partial charge in [0.05, 0.1) is 29.6 Å². The second kappa shape index (κ2) is 5.80. The molecule has 2 heterocycles. The van der Waals surface area contributed by atoms with Crippen LogP contribution in [0.5, 0.6) is 5.75 Å². The monoisotopic (exact) mass is 332 g/mol. The number of rotatable bonds is 3. The van der Waals surface area contributed by atoms with Crippen LogP contribution in [0.2, 0.25) is 0 Å². The fraction of sp³-hybridized carbons (Fsp3) is 0.0556. The molecule has 0 unspecified atom stereocenters. The molecule has 0 saturated heterocycles. The first-order valence-corrected chi connectivity index (χ1v) is 8.06. The highest BCUT2D eigenvalue weighted by atomic mass is 32.1. The summed E-state index contributed by atoms with van der Waals surface area (Å²) in [6.07, 6.45) is 3.61. The lowest BCUT2D eigenvalue weighted by molar-refractivity contribution is 0.417. The van der Waals surface area contributed by atoms with Crippen molar-refractivity contribution in [1.29, 1.82) is 0 Å². The lowest BCUT2D eigenvalue weighted by Crippen LogP contribution is -1.93. The van der Waals surface area contributed by atoms with E-state index >= 15 is 0 Å². The van der Waals surface area contributed by atoms with E-state index in [1.807, 2.05) is 18.3 Å². The van der Waals surface area contributed by atoms with Crippen molar-refractivity contribution in [3.05, 3.63) is 60.2 Å². The van der Waals surface area contributed by atoms with Crippen LogP contribution in [-0.2, 0) is 0 Å². The zero-order chi connectivity index (χ0) is 16.5. The van der Waals surface area contributed by atoms with E-state index < -0.39 is 0 Å². The molecule has 24 heavy (non-hydrogen) atoms. The molecule has 0 amide bonds. The Morgan fingerprint density at radius 2 is 2.12 bits per heavy atom. The highest BCUT2D eigenvalue weighted by molar-refractivity contribution is 7.22. The van der Waals surface area contributed by atoms with Crippen LogP contribution in [-0.4, -0.2) is 17.1 Å². The molecule has 0 atom stereocenters. The number of nitrogens with one attached hydrogen (secondary N) is 1. The highest BCUT2D eigenvalue weighted by Crippen LogP contribution is 2.36. The van der Waals surface area contributed by atoms with Gasteiger partial charge in [0.15, 0.2) is 10.8 Å². The van der Waals surface area contributed by atoms with Gasteiger partial charge in [0.1, 0.15) is 5.75 Å². The molecule has 0 aliphatic heterocycles. The van der Waals surface area contributed by atoms with Crippen molar-refractivity contribution in [2.75, 3.05) is 12.4 Å². The van der Waals surface area contributed by atoms with Gasteiger partial charge in [-0.1, -0.05) is 23.5 Å². The Kier molecular flexibility index (Phi) is 3.48. The summed E-state index contributed by atoms with van der Waals surface area (Å²) in [5.41, 5.74) is 2.23. The lowest BCUT2D eigenvalue weighted by Gasteiger charge is -2.09. The van der Waals surface area contributed by atoms with Gasteiger partial charge in [-0.15, -0.1) is 0 Å². The quantitative estimate of drug-likeness (QED) is 0.527. The summed E-state index contributed by atoms with van der Waals surface area (Å²) in [7, 11) is 1.61. The predicted molar refractivity (Wildman–Crippen MR) is 97.5 cm³/mol. The molecule has 2 aromatic heterocycles. The van der Waals surface area contributed by atoms with Gasteiger partial charge in [0.2, 0.25) is 0 Å². The Hall–Kier alpha value is -3.17. The summed E-state index contributed by atoms with van der Waals surface area (Å²) >= 11 is 1.56. The van der Waals surface area contributed by atoms with Crippen molar-refractivity contribution < 1.29 is 4.74 Å². The molecule has 0 aliphatic rings. The first kappa shape index (κ1) is 14.4. The number of nitrogens with zero attached hydrogens (tertiary/aromatic N) is 3. The van der Waals surface area contributed by atoms with Crippen LogP contribution in [0.15, 0.2) is 48.8 Å². The number of fused-ring (bicyclic) bond motifs is 3. The molecule has 0 aliphatic carbocycles. The normalized spacial score (nSPS) is 10.7. The zero-order valence-electron chi connectivity index (χ0n) is 12.8. The number of anilines is 2. The number of ether oxygens (including phenoxy) is 1. The smallest absolute Gasteiger partial charge is 0.189 e. The minimum Gasteiger partial charge on any atom is -0.495 e. The van der Waals surface area contributed by atoms with E-state index in [9.17, 15) is 0 Å². The molecule has 0 saturated carbocycles. The summed E-state index contributed by atoms with van der Waals surface area (Å²) in [6, 6.07) is 11.4. The van der Waals surface area contributed by atoms with Crippen molar-refractivity contribution in [1.82, 2.24) is 9.97 Å². The molecule has 0 spiro atoms. The van der Waals surface area contributed by atoms with Crippen molar-refractivity contribution in [3.8, 4) is 5.75 Å². The Bertz CT molecular complexity index is 1100. The minimum atomic E-state index is 0.552. The maximum absolute atomic E-state index is 7.16. The van der Waals surface area contributed by atoms with E-state index in [-0.39, 0.29) is 0 Å². The number of pyridine rings is 1. The molecule has 4 aromatic rings. The van der Waals surface area contributed by atoms with Crippen molar-refractivity contribution >= 4 is 48.8 Å². The summed E-state index contributed by atoms with van der Waals surface area (Å²) in [5.74, 6) is 0.677. The summed E-state index contributed by atoms with van der Waals surface area (Å²) < 4.78 is 6.46. The van der Waals surface area contributed by atoms with E-state index in [0.717, 1.165) is 31.8 Å². The number of hydrogen-bond acceptors (Lipinski definition) is 5. The third-order valence-corrected chi connectivity index (χ3v) is 4.66. The van der Waals surface area contributed by atoms with Gasteiger partial charge in [-0.25, -0.2) is 9.83 Å². The Balaban J connectivity index is 1.81. The summed E-state index contributed by atoms with van der Waals surface area (Å²) in [5, 5.41) is 6.18.